The predicted molar refractivity (Wildman–Crippen MR) is 91.6 cm³/mol. The molecule has 0 aromatic carbocycles. The molecular weight excluding hydrogens is 272 g/mol. The summed E-state index contributed by atoms with van der Waals surface area (Å²) in [5.41, 5.74) is 0.914. The van der Waals surface area contributed by atoms with E-state index in [4.69, 9.17) is 0 Å². The summed E-state index contributed by atoms with van der Waals surface area (Å²) in [6, 6.07) is 0. The third-order valence-electron chi connectivity index (χ3n) is 6.18. The van der Waals surface area contributed by atoms with E-state index in [1.54, 1.807) is 0 Å². The van der Waals surface area contributed by atoms with Crippen LogP contribution in [0, 0.1) is 17.3 Å². The Morgan fingerprint density at radius 1 is 1.45 bits per heavy atom. The van der Waals surface area contributed by atoms with Gasteiger partial charge >= 0.3 is 0 Å². The Hall–Kier alpha value is -0.890. The maximum Gasteiger partial charge on any atom is 0.137 e. The van der Waals surface area contributed by atoms with E-state index in [1.165, 1.54) is 5.57 Å². The summed E-state index contributed by atoms with van der Waals surface area (Å²) in [7, 11) is 0. The van der Waals surface area contributed by atoms with Crippen LogP contribution in [0.2, 0.25) is 0 Å². The Bertz CT molecular complexity index is 470. The van der Waals surface area contributed by atoms with Gasteiger partial charge in [0.25, 0.3) is 0 Å². The maximum absolute atomic E-state index is 12.2. The highest BCUT2D eigenvalue weighted by molar-refractivity contribution is 5.84. The molecule has 0 spiro atoms. The largest absolute Gasteiger partial charge is 0.386 e. The van der Waals surface area contributed by atoms with Crippen molar-refractivity contribution in [3.63, 3.8) is 0 Å². The van der Waals surface area contributed by atoms with Crippen LogP contribution >= 0.6 is 0 Å². The smallest absolute Gasteiger partial charge is 0.137 e. The van der Waals surface area contributed by atoms with Crippen LogP contribution in [0.3, 0.4) is 0 Å². The van der Waals surface area contributed by atoms with E-state index in [1.807, 2.05) is 19.9 Å². The highest BCUT2D eigenvalue weighted by atomic mass is 16.3. The first-order valence-corrected chi connectivity index (χ1v) is 8.99. The normalized spacial score (nSPS) is 30.5. The molecule has 3 atom stereocenters. The molecule has 0 heterocycles. The van der Waals surface area contributed by atoms with E-state index < -0.39 is 5.60 Å². The lowest BCUT2D eigenvalue weighted by molar-refractivity contribution is -0.128. The standard InChI is InChI=1S/C20H32O2/c1-5-20(22,6-2)14-7-9-15(3)16-11-12-17-18(21)10-8-13-19(16,17)4/h7,11,14-15,17,22H,5-6,8-10,12-13H2,1-4H3/b14-7+/t15-,17?,19?/m0/s1. The van der Waals surface area contributed by atoms with Gasteiger partial charge < -0.3 is 5.11 Å². The SMILES string of the molecule is CCC(O)(/C=C/C[C@H](C)C1=CCC2C(=O)CCCC12C)CC. The Labute approximate surface area is 135 Å². The van der Waals surface area contributed by atoms with E-state index in [9.17, 15) is 9.90 Å². The van der Waals surface area contributed by atoms with Crippen molar-refractivity contribution in [2.24, 2.45) is 17.3 Å². The fraction of sp³-hybridized carbons (Fsp3) is 0.750. The number of allylic oxidation sites excluding steroid dienone is 3. The molecule has 1 N–H and O–H groups in total. The minimum atomic E-state index is -0.656. The van der Waals surface area contributed by atoms with E-state index >= 15 is 0 Å². The third-order valence-corrected chi connectivity index (χ3v) is 6.18. The fourth-order valence-corrected chi connectivity index (χ4v) is 4.42. The van der Waals surface area contributed by atoms with Gasteiger partial charge in [0.05, 0.1) is 5.60 Å². The Morgan fingerprint density at radius 3 is 2.77 bits per heavy atom. The molecule has 0 bridgehead atoms. The molecule has 2 rings (SSSR count). The molecule has 0 aromatic heterocycles. The van der Waals surface area contributed by atoms with Crippen LogP contribution in [0.4, 0.5) is 0 Å². The first-order valence-electron chi connectivity index (χ1n) is 8.99. The molecule has 2 heteroatoms. The van der Waals surface area contributed by atoms with Gasteiger partial charge in [0.15, 0.2) is 0 Å². The molecule has 124 valence electrons. The lowest BCUT2D eigenvalue weighted by atomic mass is 9.63. The van der Waals surface area contributed by atoms with Crippen molar-refractivity contribution in [3.8, 4) is 0 Å². The molecule has 0 saturated heterocycles. The van der Waals surface area contributed by atoms with Gasteiger partial charge in [-0.1, -0.05) is 51.5 Å². The van der Waals surface area contributed by atoms with Crippen molar-refractivity contribution in [3.05, 3.63) is 23.8 Å². The minimum absolute atomic E-state index is 0.0917. The van der Waals surface area contributed by atoms with E-state index in [0.29, 0.717) is 11.7 Å². The van der Waals surface area contributed by atoms with E-state index in [2.05, 4.69) is 26.0 Å². The summed E-state index contributed by atoms with van der Waals surface area (Å²) in [5.74, 6) is 1.15. The van der Waals surface area contributed by atoms with Gasteiger partial charge in [-0.2, -0.15) is 0 Å². The Balaban J connectivity index is 2.03. The highest BCUT2D eigenvalue weighted by Gasteiger charge is 2.47. The summed E-state index contributed by atoms with van der Waals surface area (Å²) in [6.45, 7) is 8.61. The van der Waals surface area contributed by atoms with Gasteiger partial charge in [-0.15, -0.1) is 0 Å². The molecule has 2 aliphatic carbocycles. The molecule has 2 nitrogen and oxygen atoms in total. The van der Waals surface area contributed by atoms with Crippen LogP contribution in [0.1, 0.15) is 72.6 Å². The topological polar surface area (TPSA) is 37.3 Å². The molecule has 2 unspecified atom stereocenters. The van der Waals surface area contributed by atoms with Crippen molar-refractivity contribution >= 4 is 5.78 Å². The monoisotopic (exact) mass is 304 g/mol. The lowest BCUT2D eigenvalue weighted by Gasteiger charge is -2.40. The third kappa shape index (κ3) is 3.22. The number of hydrogen-bond donors (Lipinski definition) is 1. The van der Waals surface area contributed by atoms with Crippen LogP contribution in [0.25, 0.3) is 0 Å². The zero-order chi connectivity index (χ0) is 16.4. The first kappa shape index (κ1) is 17.5. The number of hydrogen-bond acceptors (Lipinski definition) is 2. The van der Waals surface area contributed by atoms with E-state index in [0.717, 1.165) is 44.9 Å². The molecular formula is C20H32O2. The van der Waals surface area contributed by atoms with Crippen molar-refractivity contribution < 1.29 is 9.90 Å². The molecule has 1 saturated carbocycles. The van der Waals surface area contributed by atoms with Crippen molar-refractivity contribution in [2.75, 3.05) is 0 Å². The van der Waals surface area contributed by atoms with E-state index in [-0.39, 0.29) is 11.3 Å². The Morgan fingerprint density at radius 2 is 2.14 bits per heavy atom. The van der Waals surface area contributed by atoms with Crippen molar-refractivity contribution in [1.29, 1.82) is 0 Å². The number of carbonyl (C=O) groups excluding carboxylic acids is 1. The van der Waals surface area contributed by atoms with Crippen LogP contribution in [0.5, 0.6) is 0 Å². The molecule has 22 heavy (non-hydrogen) atoms. The Kier molecular flexibility index (Phi) is 5.32. The second kappa shape index (κ2) is 6.70. The number of Topliss-reactive ketones (excluding diaryl/α,β-unsaturated/α-hetero) is 1. The molecule has 1 fully saturated rings. The van der Waals surface area contributed by atoms with Gasteiger partial charge in [-0.3, -0.25) is 4.79 Å². The number of carbonyl (C=O) groups is 1. The molecule has 0 aliphatic heterocycles. The van der Waals surface area contributed by atoms with Gasteiger partial charge in [0.2, 0.25) is 0 Å². The average Bonchev–Trinajstić information content (AvgIpc) is 2.85. The quantitative estimate of drug-likeness (QED) is 0.714. The summed E-state index contributed by atoms with van der Waals surface area (Å²) in [4.78, 5) is 12.2. The summed E-state index contributed by atoms with van der Waals surface area (Å²) < 4.78 is 0. The van der Waals surface area contributed by atoms with Crippen LogP contribution < -0.4 is 0 Å². The summed E-state index contributed by atoms with van der Waals surface area (Å²) >= 11 is 0. The maximum atomic E-state index is 12.2. The summed E-state index contributed by atoms with van der Waals surface area (Å²) in [5, 5.41) is 10.3. The van der Waals surface area contributed by atoms with Gasteiger partial charge in [-0.05, 0) is 49.9 Å². The molecule has 0 radical (unpaired) electrons. The van der Waals surface area contributed by atoms with Crippen molar-refractivity contribution in [1.82, 2.24) is 0 Å². The lowest BCUT2D eigenvalue weighted by Crippen LogP contribution is -2.36. The number of rotatable bonds is 6. The fourth-order valence-electron chi connectivity index (χ4n) is 4.42. The van der Waals surface area contributed by atoms with Gasteiger partial charge in [-0.25, -0.2) is 0 Å². The number of ketones is 1. The predicted octanol–water partition coefficient (Wildman–Crippen LogP) is 4.83. The zero-order valence-electron chi connectivity index (χ0n) is 14.7. The second-order valence-electron chi connectivity index (χ2n) is 7.53. The van der Waals surface area contributed by atoms with Gasteiger partial charge in [0, 0.05) is 12.3 Å². The molecule has 0 amide bonds. The van der Waals surface area contributed by atoms with Crippen LogP contribution in [-0.2, 0) is 4.79 Å². The average molecular weight is 304 g/mol. The molecule has 2 aliphatic rings. The summed E-state index contributed by atoms with van der Waals surface area (Å²) in [6.07, 6.45) is 12.8. The van der Waals surface area contributed by atoms with Crippen LogP contribution in [-0.4, -0.2) is 16.5 Å². The second-order valence-corrected chi connectivity index (χ2v) is 7.53. The van der Waals surface area contributed by atoms with Crippen LogP contribution in [0.15, 0.2) is 23.8 Å². The number of aliphatic hydroxyl groups is 1. The zero-order valence-corrected chi connectivity index (χ0v) is 14.7. The minimum Gasteiger partial charge on any atom is -0.386 e. The van der Waals surface area contributed by atoms with Gasteiger partial charge in [0.1, 0.15) is 5.78 Å². The number of fused-ring (bicyclic) bond motifs is 1. The van der Waals surface area contributed by atoms with Crippen molar-refractivity contribution in [2.45, 2.75) is 78.2 Å². The molecule has 0 aromatic rings. The highest BCUT2D eigenvalue weighted by Crippen LogP contribution is 2.53. The first-order chi connectivity index (χ1) is 10.4.